The summed E-state index contributed by atoms with van der Waals surface area (Å²) in [5.74, 6) is 1.78. The number of amides is 2. The lowest BCUT2D eigenvalue weighted by Crippen LogP contribution is -2.40. The van der Waals surface area contributed by atoms with Gasteiger partial charge in [0.1, 0.15) is 0 Å². The van der Waals surface area contributed by atoms with E-state index in [0.717, 1.165) is 41.8 Å². The Morgan fingerprint density at radius 3 is 2.16 bits per heavy atom. The maximum Gasteiger partial charge on any atom is 0.227 e. The van der Waals surface area contributed by atoms with Gasteiger partial charge in [0, 0.05) is 50.3 Å². The fourth-order valence-corrected chi connectivity index (χ4v) is 4.31. The number of likely N-dealkylation sites (tertiary alicyclic amines) is 1. The molecule has 31 heavy (non-hydrogen) atoms. The summed E-state index contributed by atoms with van der Waals surface area (Å²) in [7, 11) is 0. The standard InChI is InChI=1S/C24H31N5O2/c1-17-9-13-29(14-10-17)23-8-7-22(26-27-23)19-3-5-21(6-4-19)25-24(31)20-11-15-28(16-12-20)18(2)30/h3-8,17,20H,9-16H2,1-2H3,(H,25,31). The minimum Gasteiger partial charge on any atom is -0.355 e. The van der Waals surface area contributed by atoms with Gasteiger partial charge in [0.15, 0.2) is 5.82 Å². The van der Waals surface area contributed by atoms with Crippen LogP contribution in [-0.4, -0.2) is 53.1 Å². The molecule has 1 aromatic heterocycles. The van der Waals surface area contributed by atoms with E-state index >= 15 is 0 Å². The second kappa shape index (κ2) is 9.45. The Kier molecular flexibility index (Phi) is 6.49. The van der Waals surface area contributed by atoms with Crippen molar-refractivity contribution >= 4 is 23.3 Å². The van der Waals surface area contributed by atoms with Gasteiger partial charge in [0.25, 0.3) is 0 Å². The average molecular weight is 422 g/mol. The second-order valence-corrected chi connectivity index (χ2v) is 8.79. The molecule has 2 amide bonds. The number of nitrogens with zero attached hydrogens (tertiary/aromatic N) is 4. The lowest BCUT2D eigenvalue weighted by Gasteiger charge is -2.30. The Hall–Kier alpha value is -2.96. The number of carbonyl (C=O) groups is 2. The highest BCUT2D eigenvalue weighted by atomic mass is 16.2. The minimum atomic E-state index is -0.0496. The molecular formula is C24H31N5O2. The normalized spacial score (nSPS) is 18.1. The number of carbonyl (C=O) groups excluding carboxylic acids is 2. The first-order valence-electron chi connectivity index (χ1n) is 11.2. The van der Waals surface area contributed by atoms with Crippen LogP contribution in [0.5, 0.6) is 0 Å². The zero-order valence-electron chi connectivity index (χ0n) is 18.4. The molecule has 0 aliphatic carbocycles. The van der Waals surface area contributed by atoms with Crippen LogP contribution in [-0.2, 0) is 9.59 Å². The summed E-state index contributed by atoms with van der Waals surface area (Å²) in [6.07, 6.45) is 3.82. The monoisotopic (exact) mass is 421 g/mol. The molecule has 1 N–H and O–H groups in total. The van der Waals surface area contributed by atoms with Gasteiger partial charge in [-0.25, -0.2) is 0 Å². The molecule has 2 saturated heterocycles. The topological polar surface area (TPSA) is 78.4 Å². The van der Waals surface area contributed by atoms with E-state index < -0.39 is 0 Å². The molecule has 7 heteroatoms. The maximum absolute atomic E-state index is 12.6. The molecule has 2 aliphatic heterocycles. The third-order valence-corrected chi connectivity index (χ3v) is 6.52. The fourth-order valence-electron chi connectivity index (χ4n) is 4.31. The van der Waals surface area contributed by atoms with Gasteiger partial charge in [-0.2, -0.15) is 0 Å². The number of piperidine rings is 2. The Bertz CT molecular complexity index is 897. The quantitative estimate of drug-likeness (QED) is 0.816. The van der Waals surface area contributed by atoms with Gasteiger partial charge in [-0.3, -0.25) is 9.59 Å². The fraction of sp³-hybridized carbons (Fsp3) is 0.500. The summed E-state index contributed by atoms with van der Waals surface area (Å²) in [6.45, 7) is 7.26. The molecule has 0 spiro atoms. The van der Waals surface area contributed by atoms with Gasteiger partial charge in [0.2, 0.25) is 11.8 Å². The van der Waals surface area contributed by atoms with Crippen LogP contribution in [0.2, 0.25) is 0 Å². The van der Waals surface area contributed by atoms with Gasteiger partial charge >= 0.3 is 0 Å². The molecule has 164 valence electrons. The Balaban J connectivity index is 1.33. The van der Waals surface area contributed by atoms with E-state index in [0.29, 0.717) is 25.9 Å². The minimum absolute atomic E-state index is 0.0240. The zero-order chi connectivity index (χ0) is 21.8. The van der Waals surface area contributed by atoms with Crippen molar-refractivity contribution in [3.05, 3.63) is 36.4 Å². The molecule has 3 heterocycles. The van der Waals surface area contributed by atoms with Crippen LogP contribution in [0.25, 0.3) is 11.3 Å². The predicted octanol–water partition coefficient (Wildman–Crippen LogP) is 3.58. The van der Waals surface area contributed by atoms with Crippen LogP contribution in [0.4, 0.5) is 11.5 Å². The highest BCUT2D eigenvalue weighted by molar-refractivity contribution is 5.93. The van der Waals surface area contributed by atoms with Crippen LogP contribution < -0.4 is 10.2 Å². The number of nitrogens with one attached hydrogen (secondary N) is 1. The molecule has 7 nitrogen and oxygen atoms in total. The van der Waals surface area contributed by atoms with Crippen molar-refractivity contribution in [3.63, 3.8) is 0 Å². The number of anilines is 2. The van der Waals surface area contributed by atoms with Crippen molar-refractivity contribution < 1.29 is 9.59 Å². The van der Waals surface area contributed by atoms with Gasteiger partial charge in [-0.05, 0) is 55.9 Å². The molecule has 1 aromatic carbocycles. The Morgan fingerprint density at radius 1 is 0.903 bits per heavy atom. The third kappa shape index (κ3) is 5.21. The van der Waals surface area contributed by atoms with Crippen molar-refractivity contribution in [1.82, 2.24) is 15.1 Å². The van der Waals surface area contributed by atoms with Crippen molar-refractivity contribution in [3.8, 4) is 11.3 Å². The Labute approximate surface area is 183 Å². The average Bonchev–Trinajstić information content (AvgIpc) is 2.80. The highest BCUT2D eigenvalue weighted by Gasteiger charge is 2.26. The molecule has 4 rings (SSSR count). The van der Waals surface area contributed by atoms with Crippen LogP contribution >= 0.6 is 0 Å². The molecule has 2 fully saturated rings. The number of aromatic nitrogens is 2. The number of hydrogen-bond donors (Lipinski definition) is 1. The molecule has 2 aliphatic rings. The van der Waals surface area contributed by atoms with Crippen LogP contribution in [0, 0.1) is 11.8 Å². The molecular weight excluding hydrogens is 390 g/mol. The number of benzene rings is 1. The zero-order valence-corrected chi connectivity index (χ0v) is 18.4. The number of hydrogen-bond acceptors (Lipinski definition) is 5. The SMILES string of the molecule is CC(=O)N1CCC(C(=O)Nc2ccc(-c3ccc(N4CCC(C)CC4)nn3)cc2)CC1. The van der Waals surface area contributed by atoms with E-state index in [4.69, 9.17) is 0 Å². The summed E-state index contributed by atoms with van der Waals surface area (Å²) < 4.78 is 0. The number of rotatable bonds is 4. The molecule has 0 saturated carbocycles. The van der Waals surface area contributed by atoms with Crippen molar-refractivity contribution in [2.24, 2.45) is 11.8 Å². The summed E-state index contributed by atoms with van der Waals surface area (Å²) in [4.78, 5) is 28.1. The molecule has 0 bridgehead atoms. The van der Waals surface area contributed by atoms with E-state index in [1.165, 1.54) is 12.8 Å². The van der Waals surface area contributed by atoms with E-state index in [1.807, 2.05) is 36.4 Å². The molecule has 0 unspecified atom stereocenters. The van der Waals surface area contributed by atoms with Gasteiger partial charge in [0.05, 0.1) is 5.69 Å². The van der Waals surface area contributed by atoms with Crippen molar-refractivity contribution in [1.29, 1.82) is 0 Å². The van der Waals surface area contributed by atoms with E-state index in [2.05, 4.69) is 27.3 Å². The first-order chi connectivity index (χ1) is 15.0. The van der Waals surface area contributed by atoms with Crippen LogP contribution in [0.3, 0.4) is 0 Å². The van der Waals surface area contributed by atoms with Crippen molar-refractivity contribution in [2.45, 2.75) is 39.5 Å². The van der Waals surface area contributed by atoms with Gasteiger partial charge < -0.3 is 15.1 Å². The van der Waals surface area contributed by atoms with Crippen molar-refractivity contribution in [2.75, 3.05) is 36.4 Å². The Morgan fingerprint density at radius 2 is 1.58 bits per heavy atom. The predicted molar refractivity (Wildman–Crippen MR) is 122 cm³/mol. The van der Waals surface area contributed by atoms with Gasteiger partial charge in [-0.15, -0.1) is 10.2 Å². The van der Waals surface area contributed by atoms with Crippen LogP contribution in [0.1, 0.15) is 39.5 Å². The van der Waals surface area contributed by atoms with E-state index in [1.54, 1.807) is 11.8 Å². The van der Waals surface area contributed by atoms with E-state index in [9.17, 15) is 9.59 Å². The molecule has 2 aromatic rings. The van der Waals surface area contributed by atoms with Gasteiger partial charge in [-0.1, -0.05) is 19.1 Å². The highest BCUT2D eigenvalue weighted by Crippen LogP contribution is 2.25. The lowest BCUT2D eigenvalue weighted by molar-refractivity contribution is -0.132. The first-order valence-corrected chi connectivity index (χ1v) is 11.2. The lowest BCUT2D eigenvalue weighted by atomic mass is 9.95. The first kappa shape index (κ1) is 21.3. The third-order valence-electron chi connectivity index (χ3n) is 6.52. The summed E-state index contributed by atoms with van der Waals surface area (Å²) in [5, 5.41) is 11.9. The molecule has 0 atom stereocenters. The maximum atomic E-state index is 12.6. The van der Waals surface area contributed by atoms with Crippen LogP contribution in [0.15, 0.2) is 36.4 Å². The largest absolute Gasteiger partial charge is 0.355 e. The van der Waals surface area contributed by atoms with E-state index in [-0.39, 0.29) is 17.7 Å². The second-order valence-electron chi connectivity index (χ2n) is 8.79. The molecule has 0 radical (unpaired) electrons. The smallest absolute Gasteiger partial charge is 0.227 e. The summed E-state index contributed by atoms with van der Waals surface area (Å²) >= 11 is 0. The summed E-state index contributed by atoms with van der Waals surface area (Å²) in [5.41, 5.74) is 2.57. The summed E-state index contributed by atoms with van der Waals surface area (Å²) in [6, 6.07) is 11.8.